The van der Waals surface area contributed by atoms with Gasteiger partial charge in [0, 0.05) is 126 Å². The van der Waals surface area contributed by atoms with E-state index in [0.717, 1.165) is 53.3 Å². The third-order valence-corrected chi connectivity index (χ3v) is 19.0. The maximum Gasteiger partial charge on any atom is 0.345 e. The zero-order valence-corrected chi connectivity index (χ0v) is 62.9. The molecule has 109 heavy (non-hydrogen) atoms. The Morgan fingerprint density at radius 1 is 0.404 bits per heavy atom. The van der Waals surface area contributed by atoms with Crippen molar-refractivity contribution in [3.63, 3.8) is 0 Å². The number of fused-ring (bicyclic) bond motifs is 3. The van der Waals surface area contributed by atoms with Gasteiger partial charge in [0.2, 0.25) is 0 Å². The smallest absolute Gasteiger partial charge is 0.345 e. The van der Waals surface area contributed by atoms with Crippen LogP contribution in [0.15, 0.2) is 143 Å². The topological polar surface area (TPSA) is 265 Å². The number of rotatable bonds is 23. The largest absolute Gasteiger partial charge is 0.462 e. The summed E-state index contributed by atoms with van der Waals surface area (Å²) in [7, 11) is 11.8. The summed E-state index contributed by atoms with van der Waals surface area (Å²) < 4.78 is 36.8. The molecule has 0 N–H and O–H groups in total. The van der Waals surface area contributed by atoms with Crippen LogP contribution in [-0.4, -0.2) is 239 Å². The van der Waals surface area contributed by atoms with Gasteiger partial charge in [-0.2, -0.15) is 0 Å². The molecule has 27 nitrogen and oxygen atoms in total. The fraction of sp³-hybridized carbons (Fsp3) is 0.444. The van der Waals surface area contributed by atoms with E-state index in [1.165, 1.54) is 18.8 Å². The number of carbonyl (C=O) groups is 6. The van der Waals surface area contributed by atoms with Gasteiger partial charge in [0.1, 0.15) is 16.7 Å². The molecule has 3 aromatic carbocycles. The molecule has 3 saturated heterocycles. The molecule has 588 valence electrons. The molecule has 9 heterocycles. The van der Waals surface area contributed by atoms with Gasteiger partial charge in [-0.15, -0.1) is 0 Å². The van der Waals surface area contributed by atoms with Crippen LogP contribution < -0.4 is 31.4 Å². The molecule has 0 aliphatic carbocycles. The zero-order valence-electron chi connectivity index (χ0n) is 62.1. The van der Waals surface area contributed by atoms with Crippen LogP contribution in [0, 0.1) is 6.92 Å². The number of furan rings is 3. The first-order chi connectivity index (χ1) is 51.0. The number of para-hydroxylation sites is 1. The normalized spacial score (nSPS) is 13.7. The van der Waals surface area contributed by atoms with Gasteiger partial charge in [-0.25, -0.2) is 14.4 Å². The second-order valence-electron chi connectivity index (χ2n) is 26.8. The Labute approximate surface area is 642 Å². The van der Waals surface area contributed by atoms with Gasteiger partial charge in [-0.05, 0) is 169 Å². The third-order valence-electron chi connectivity index (χ3n) is 18.8. The van der Waals surface area contributed by atoms with E-state index in [2.05, 4.69) is 9.80 Å². The Hall–Kier alpha value is -10.5. The molecule has 0 radical (unpaired) electrons. The highest BCUT2D eigenvalue weighted by atomic mass is 35.5. The number of anilines is 3. The van der Waals surface area contributed by atoms with Crippen molar-refractivity contribution in [1.29, 1.82) is 0 Å². The van der Waals surface area contributed by atoms with Crippen LogP contribution in [0.1, 0.15) is 124 Å². The maximum absolute atomic E-state index is 13.8. The van der Waals surface area contributed by atoms with Crippen LogP contribution in [0.4, 0.5) is 17.1 Å². The minimum Gasteiger partial charge on any atom is -0.462 e. The van der Waals surface area contributed by atoms with E-state index in [0.29, 0.717) is 149 Å². The molecule has 3 fully saturated rings. The maximum atomic E-state index is 13.8. The van der Waals surface area contributed by atoms with Crippen molar-refractivity contribution < 1.29 is 56.2 Å². The summed E-state index contributed by atoms with van der Waals surface area (Å²) >= 11 is 6.37. The minimum atomic E-state index is -0.665. The fourth-order valence-corrected chi connectivity index (χ4v) is 13.8. The lowest BCUT2D eigenvalue weighted by Crippen LogP contribution is -2.49. The highest BCUT2D eigenvalue weighted by Gasteiger charge is 2.35. The molecule has 6 aromatic heterocycles. The number of amides is 3. The number of aryl methyl sites for hydroxylation is 3. The van der Waals surface area contributed by atoms with Crippen LogP contribution in [0.3, 0.4) is 0 Å². The van der Waals surface area contributed by atoms with E-state index in [9.17, 15) is 43.2 Å². The van der Waals surface area contributed by atoms with Gasteiger partial charge in [-0.1, -0.05) is 63.7 Å². The van der Waals surface area contributed by atoms with E-state index < -0.39 is 23.5 Å². The Morgan fingerprint density at radius 2 is 0.734 bits per heavy atom. The second kappa shape index (κ2) is 39.6. The lowest BCUT2D eigenvalue weighted by atomic mass is 10.0. The molecule has 0 atom stereocenters. The lowest BCUT2D eigenvalue weighted by Gasteiger charge is -2.37. The number of piperazine rings is 3. The molecule has 28 heteroatoms. The predicted octanol–water partition coefficient (Wildman–Crippen LogP) is 10.5. The van der Waals surface area contributed by atoms with Crippen LogP contribution in [0.2, 0.25) is 5.02 Å². The number of aromatic nitrogens is 3. The molecular weight excluding hydrogens is 1420 g/mol. The number of likely N-dealkylation sites (N-methyl/N-ethyl adjacent to an activating group) is 1. The number of hydrogen-bond donors (Lipinski definition) is 0. The second-order valence-corrected chi connectivity index (χ2v) is 27.2. The van der Waals surface area contributed by atoms with Gasteiger partial charge >= 0.3 is 17.9 Å². The van der Waals surface area contributed by atoms with Crippen LogP contribution in [0.5, 0.6) is 0 Å². The summed E-state index contributed by atoms with van der Waals surface area (Å²) in [5.41, 5.74) is 4.00. The van der Waals surface area contributed by atoms with Gasteiger partial charge in [-0.3, -0.25) is 28.8 Å². The summed E-state index contributed by atoms with van der Waals surface area (Å²) in [5, 5.41) is 2.86. The highest BCUT2D eigenvalue weighted by Crippen LogP contribution is 2.36. The van der Waals surface area contributed by atoms with Gasteiger partial charge in [0.25, 0.3) is 34.4 Å². The van der Waals surface area contributed by atoms with Crippen molar-refractivity contribution in [1.82, 2.24) is 43.1 Å². The van der Waals surface area contributed by atoms with Crippen molar-refractivity contribution in [2.45, 2.75) is 82.5 Å². The molecule has 3 aliphatic heterocycles. The SMILES string of the molecule is C.C.C.CCOC(=O)c1c(N2CCN(C(=O)c3ccco3)CC2)c2cc(C)ccc2n(CCCN(C)C)c1=O.CCOC(=O)c1c(N2CCN(C(=O)c3ccco3)CC2)c2cc(Cl)ccc2n(CCN(C)C)c1=O.CCOC(=O)c1c(N2CCN(C(=O)c3ccco3)CC2)c2ccccc2n(CCCN(C)C)c1=O. The van der Waals surface area contributed by atoms with E-state index >= 15 is 0 Å². The molecule has 0 bridgehead atoms. The fourth-order valence-electron chi connectivity index (χ4n) is 13.6. The number of halogens is 1. The number of carbonyl (C=O) groups excluding carboxylic acids is 6. The van der Waals surface area contributed by atoms with Gasteiger partial charge < -0.3 is 85.3 Å². The third kappa shape index (κ3) is 19.9. The first-order valence-electron chi connectivity index (χ1n) is 35.9. The number of nitrogens with zero attached hydrogens (tertiary/aromatic N) is 12. The van der Waals surface area contributed by atoms with Crippen molar-refractivity contribution in [3.8, 4) is 0 Å². The number of hydrogen-bond acceptors (Lipinski definition) is 21. The highest BCUT2D eigenvalue weighted by molar-refractivity contribution is 6.31. The molecule has 12 rings (SSSR count). The van der Waals surface area contributed by atoms with Gasteiger partial charge in [0.05, 0.1) is 72.2 Å². The first kappa shape index (κ1) is 85.8. The number of esters is 3. The molecule has 0 saturated carbocycles. The number of benzene rings is 3. The summed E-state index contributed by atoms with van der Waals surface area (Å²) in [6.07, 6.45) is 5.97. The molecular formula is C81H107ClN12O15. The Kier molecular flexibility index (Phi) is 31.1. The summed E-state index contributed by atoms with van der Waals surface area (Å²) in [4.78, 5) is 136. The molecule has 9 aromatic rings. The Bertz CT molecular complexity index is 4750. The molecule has 3 amide bonds. The van der Waals surface area contributed by atoms with E-state index in [1.54, 1.807) is 97.7 Å². The average Bonchev–Trinajstić information content (AvgIpc) is 1.01. The zero-order chi connectivity index (χ0) is 75.9. The monoisotopic (exact) mass is 1520 g/mol. The average molecular weight is 1520 g/mol. The lowest BCUT2D eigenvalue weighted by molar-refractivity contribution is 0.0514. The predicted molar refractivity (Wildman–Crippen MR) is 428 cm³/mol. The molecule has 3 aliphatic rings. The first-order valence-corrected chi connectivity index (χ1v) is 36.3. The minimum absolute atomic E-state index is 0. The van der Waals surface area contributed by atoms with Crippen LogP contribution in [-0.2, 0) is 33.8 Å². The van der Waals surface area contributed by atoms with Crippen molar-refractivity contribution in [2.75, 3.05) is 175 Å². The van der Waals surface area contributed by atoms with E-state index in [1.807, 2.05) is 117 Å². The summed E-state index contributed by atoms with van der Waals surface area (Å²) in [6, 6.07) is 29.0. The number of pyridine rings is 3. The van der Waals surface area contributed by atoms with Crippen molar-refractivity contribution in [2.24, 2.45) is 0 Å². The van der Waals surface area contributed by atoms with Crippen LogP contribution >= 0.6 is 11.6 Å². The standard InChI is InChI=1S/C27H34N4O5.C26H32N4O5.C25H29ClN4O5.3CH4/c1-5-35-27(34)23-24(29-13-15-30(16-14-29)25(32)22-8-6-17-36-22)20-18-19(2)9-10-21(20)31(26(23)33)12-7-11-28(3)4;1-4-34-26(33)22-23(28-14-16-29(17-15-28)24(31)21-11-7-18-35-21)19-9-5-6-10-20(19)30(25(22)32)13-8-12-27(2)3;1-4-34-25(33)21-22(28-10-12-29(13-11-28)23(31)20-6-5-15-35-20)18-16-17(26)7-8-19(18)30(24(21)32)14-9-27(2)3;;;/h6,8-10,17-18H,5,7,11-16H2,1-4H3;5-7,9-11,18H,4,8,12-17H2,1-3H3;5-8,15-16H,4,9-14H2,1-3H3;3*1H4. The quantitative estimate of drug-likeness (QED) is 0.0425. The summed E-state index contributed by atoms with van der Waals surface area (Å²) in [6.45, 7) is 16.7. The van der Waals surface area contributed by atoms with Crippen molar-refractivity contribution in [3.05, 3.63) is 191 Å². The van der Waals surface area contributed by atoms with Gasteiger partial charge in [0.15, 0.2) is 17.3 Å². The van der Waals surface area contributed by atoms with E-state index in [-0.39, 0.29) is 93.4 Å². The Morgan fingerprint density at radius 3 is 1.08 bits per heavy atom. The molecule has 0 spiro atoms. The van der Waals surface area contributed by atoms with E-state index in [4.69, 9.17) is 39.1 Å². The van der Waals surface area contributed by atoms with Crippen molar-refractivity contribution >= 4 is 97.0 Å². The van der Waals surface area contributed by atoms with Crippen LogP contribution in [0.25, 0.3) is 32.7 Å². The summed E-state index contributed by atoms with van der Waals surface area (Å²) in [5.74, 6) is -1.53. The number of ether oxygens (including phenoxy) is 3. The Balaban J connectivity index is 0.000000224. The molecule has 0 unspecified atom stereocenters.